The molecule has 0 saturated carbocycles. The van der Waals surface area contributed by atoms with E-state index in [1.165, 1.54) is 0 Å². The summed E-state index contributed by atoms with van der Waals surface area (Å²) in [6, 6.07) is 3.59. The molecule has 0 saturated heterocycles. The first-order valence-electron chi connectivity index (χ1n) is 5.76. The van der Waals surface area contributed by atoms with Gasteiger partial charge in [0, 0.05) is 16.4 Å². The molecular weight excluding hydrogens is 324 g/mol. The molecule has 0 amide bonds. The lowest BCUT2D eigenvalue weighted by molar-refractivity contribution is 0.318. The smallest absolute Gasteiger partial charge is 0.230 e. The molecule has 2 heterocycles. The van der Waals surface area contributed by atoms with Crippen molar-refractivity contribution in [3.8, 4) is 11.6 Å². The van der Waals surface area contributed by atoms with E-state index in [0.717, 1.165) is 15.7 Å². The van der Waals surface area contributed by atoms with Gasteiger partial charge >= 0.3 is 0 Å². The maximum atomic E-state index is 8.88. The van der Waals surface area contributed by atoms with Gasteiger partial charge in [-0.1, -0.05) is 5.16 Å². The highest BCUT2D eigenvalue weighted by Gasteiger charge is 2.15. The molecule has 0 bridgehead atoms. The number of nitrogens with zero attached hydrogens (tertiary/aromatic N) is 3. The van der Waals surface area contributed by atoms with Crippen LogP contribution in [0.4, 0.5) is 0 Å². The Morgan fingerprint density at radius 1 is 1.35 bits per heavy atom. The fourth-order valence-corrected chi connectivity index (χ4v) is 2.14. The van der Waals surface area contributed by atoms with E-state index in [1.807, 2.05) is 19.9 Å². The molecule has 0 aliphatic heterocycles. The van der Waals surface area contributed by atoms with Crippen molar-refractivity contribution in [3.05, 3.63) is 45.8 Å². The van der Waals surface area contributed by atoms with Gasteiger partial charge in [0.1, 0.15) is 5.75 Å². The Morgan fingerprint density at radius 2 is 2.10 bits per heavy atom. The molecule has 7 heteroatoms. The summed E-state index contributed by atoms with van der Waals surface area (Å²) in [6.45, 7) is 3.68. The molecule has 104 valence electrons. The van der Waals surface area contributed by atoms with Gasteiger partial charge in [0.15, 0.2) is 5.84 Å². The molecule has 0 fully saturated rings. The molecule has 6 nitrogen and oxygen atoms in total. The standard InChI is InChI=1S/C13H13BrN4O2/c1-7-3-8(2)17-13(11(7)12(15)18-19)20-10-4-9(14)5-16-6-10/h3-6,19H,1-2H3,(H2,15,18). The van der Waals surface area contributed by atoms with E-state index in [9.17, 15) is 0 Å². The summed E-state index contributed by atoms with van der Waals surface area (Å²) in [4.78, 5) is 8.30. The van der Waals surface area contributed by atoms with E-state index in [1.54, 1.807) is 18.5 Å². The first-order valence-corrected chi connectivity index (χ1v) is 6.55. The summed E-state index contributed by atoms with van der Waals surface area (Å²) in [5, 5.41) is 11.9. The van der Waals surface area contributed by atoms with Crippen molar-refractivity contribution in [1.82, 2.24) is 9.97 Å². The zero-order valence-corrected chi connectivity index (χ0v) is 12.5. The van der Waals surface area contributed by atoms with E-state index in [4.69, 9.17) is 15.7 Å². The molecule has 0 atom stereocenters. The molecule has 20 heavy (non-hydrogen) atoms. The SMILES string of the molecule is Cc1cc(C)c(C(N)=NO)c(Oc2cncc(Br)c2)n1. The lowest BCUT2D eigenvalue weighted by Crippen LogP contribution is -2.17. The number of amidine groups is 1. The third-order valence-corrected chi connectivity index (χ3v) is 3.00. The maximum Gasteiger partial charge on any atom is 0.230 e. The monoisotopic (exact) mass is 336 g/mol. The van der Waals surface area contributed by atoms with Crippen LogP contribution in [0.1, 0.15) is 16.8 Å². The second-order valence-electron chi connectivity index (χ2n) is 4.19. The molecule has 0 aliphatic rings. The summed E-state index contributed by atoms with van der Waals surface area (Å²) in [5.74, 6) is 0.731. The molecule has 0 unspecified atom stereocenters. The molecule has 0 aromatic carbocycles. The number of nitrogens with two attached hydrogens (primary N) is 1. The number of aryl methyl sites for hydroxylation is 2. The first kappa shape index (κ1) is 14.3. The van der Waals surface area contributed by atoms with Crippen molar-refractivity contribution in [2.24, 2.45) is 10.9 Å². The van der Waals surface area contributed by atoms with Crippen molar-refractivity contribution in [1.29, 1.82) is 0 Å². The van der Waals surface area contributed by atoms with Crippen LogP contribution in [-0.4, -0.2) is 21.0 Å². The molecule has 0 spiro atoms. The summed E-state index contributed by atoms with van der Waals surface area (Å²) in [7, 11) is 0. The van der Waals surface area contributed by atoms with Crippen LogP contribution in [0.15, 0.2) is 34.2 Å². The maximum absolute atomic E-state index is 8.88. The van der Waals surface area contributed by atoms with E-state index < -0.39 is 0 Å². The Bertz CT molecular complexity index is 673. The van der Waals surface area contributed by atoms with Gasteiger partial charge in [-0.3, -0.25) is 4.98 Å². The Kier molecular flexibility index (Phi) is 4.19. The number of halogens is 1. The van der Waals surface area contributed by atoms with E-state index in [-0.39, 0.29) is 11.7 Å². The van der Waals surface area contributed by atoms with Gasteiger partial charge in [-0.2, -0.15) is 0 Å². The first-order chi connectivity index (χ1) is 9.51. The van der Waals surface area contributed by atoms with Crippen molar-refractivity contribution < 1.29 is 9.94 Å². The van der Waals surface area contributed by atoms with Crippen molar-refractivity contribution in [2.45, 2.75) is 13.8 Å². The van der Waals surface area contributed by atoms with Crippen molar-refractivity contribution in [2.75, 3.05) is 0 Å². The molecule has 2 rings (SSSR count). The Balaban J connectivity index is 2.50. The summed E-state index contributed by atoms with van der Waals surface area (Å²) >= 11 is 3.31. The zero-order chi connectivity index (χ0) is 14.7. The minimum atomic E-state index is -0.0482. The highest BCUT2D eigenvalue weighted by molar-refractivity contribution is 9.10. The molecule has 2 aromatic rings. The minimum absolute atomic E-state index is 0.0482. The normalized spacial score (nSPS) is 11.4. The fourth-order valence-electron chi connectivity index (χ4n) is 1.80. The van der Waals surface area contributed by atoms with E-state index >= 15 is 0 Å². The van der Waals surface area contributed by atoms with Crippen LogP contribution in [0, 0.1) is 13.8 Å². The highest BCUT2D eigenvalue weighted by atomic mass is 79.9. The Labute approximate surface area is 124 Å². The number of rotatable bonds is 3. The number of pyridine rings is 2. The summed E-state index contributed by atoms with van der Waals surface area (Å²) in [6.07, 6.45) is 3.20. The van der Waals surface area contributed by atoms with Gasteiger partial charge in [-0.15, -0.1) is 0 Å². The van der Waals surface area contributed by atoms with Crippen LogP contribution in [0.2, 0.25) is 0 Å². The Morgan fingerprint density at radius 3 is 2.75 bits per heavy atom. The average Bonchev–Trinajstić information content (AvgIpc) is 2.37. The largest absolute Gasteiger partial charge is 0.437 e. The quantitative estimate of drug-likeness (QED) is 0.389. The molecular formula is C13H13BrN4O2. The van der Waals surface area contributed by atoms with Crippen molar-refractivity contribution >= 4 is 21.8 Å². The van der Waals surface area contributed by atoms with E-state index in [2.05, 4.69) is 31.1 Å². The summed E-state index contributed by atoms with van der Waals surface area (Å²) < 4.78 is 6.48. The number of hydrogen-bond acceptors (Lipinski definition) is 5. The van der Waals surface area contributed by atoms with Gasteiger partial charge in [0.25, 0.3) is 0 Å². The second kappa shape index (κ2) is 5.87. The lowest BCUT2D eigenvalue weighted by atomic mass is 10.1. The third-order valence-electron chi connectivity index (χ3n) is 2.57. The van der Waals surface area contributed by atoms with E-state index in [0.29, 0.717) is 11.3 Å². The zero-order valence-electron chi connectivity index (χ0n) is 11.0. The van der Waals surface area contributed by atoms with Crippen LogP contribution in [0.3, 0.4) is 0 Å². The Hall–Kier alpha value is -2.15. The highest BCUT2D eigenvalue weighted by Crippen LogP contribution is 2.27. The van der Waals surface area contributed by atoms with Gasteiger partial charge in [0.2, 0.25) is 5.88 Å². The third kappa shape index (κ3) is 3.05. The van der Waals surface area contributed by atoms with Crippen LogP contribution >= 0.6 is 15.9 Å². The van der Waals surface area contributed by atoms with Gasteiger partial charge in [-0.25, -0.2) is 4.98 Å². The summed E-state index contributed by atoms with van der Waals surface area (Å²) in [5.41, 5.74) is 7.73. The molecule has 0 radical (unpaired) electrons. The van der Waals surface area contributed by atoms with Crippen LogP contribution in [-0.2, 0) is 0 Å². The topological polar surface area (TPSA) is 93.6 Å². The van der Waals surface area contributed by atoms with Gasteiger partial charge in [0.05, 0.1) is 11.8 Å². The number of ether oxygens (including phenoxy) is 1. The van der Waals surface area contributed by atoms with Crippen LogP contribution < -0.4 is 10.5 Å². The number of aromatic nitrogens is 2. The molecule has 3 N–H and O–H groups in total. The predicted molar refractivity (Wildman–Crippen MR) is 78.2 cm³/mol. The molecule has 2 aromatic heterocycles. The van der Waals surface area contributed by atoms with Crippen LogP contribution in [0.5, 0.6) is 11.6 Å². The lowest BCUT2D eigenvalue weighted by Gasteiger charge is -2.12. The number of oxime groups is 1. The minimum Gasteiger partial charge on any atom is -0.437 e. The average molecular weight is 337 g/mol. The second-order valence-corrected chi connectivity index (χ2v) is 5.10. The van der Waals surface area contributed by atoms with Gasteiger partial charge < -0.3 is 15.7 Å². The fraction of sp³-hybridized carbons (Fsp3) is 0.154. The van der Waals surface area contributed by atoms with Crippen molar-refractivity contribution in [3.63, 3.8) is 0 Å². The number of hydrogen-bond donors (Lipinski definition) is 2. The van der Waals surface area contributed by atoms with Crippen LogP contribution in [0.25, 0.3) is 0 Å². The molecule has 0 aliphatic carbocycles. The van der Waals surface area contributed by atoms with Gasteiger partial charge in [-0.05, 0) is 47.5 Å². The predicted octanol–water partition coefficient (Wildman–Crippen LogP) is 2.74.